The van der Waals surface area contributed by atoms with Crippen LogP contribution in [-0.2, 0) is 20.8 Å². The van der Waals surface area contributed by atoms with Gasteiger partial charge >= 0.3 is 0 Å². The molecule has 0 spiro atoms. The molecule has 0 saturated carbocycles. The van der Waals surface area contributed by atoms with Crippen molar-refractivity contribution in [3.8, 4) is 34.0 Å². The molecule has 0 bridgehead atoms. The van der Waals surface area contributed by atoms with Crippen molar-refractivity contribution < 1.29 is 19.3 Å². The molecule has 0 atom stereocenters. The van der Waals surface area contributed by atoms with Crippen LogP contribution in [0.4, 0.5) is 5.95 Å². The van der Waals surface area contributed by atoms with Crippen LogP contribution in [0.5, 0.6) is 0 Å². The minimum absolute atomic E-state index is 0.0377. The van der Waals surface area contributed by atoms with Crippen LogP contribution in [0.3, 0.4) is 0 Å². The molecule has 2 heterocycles. The van der Waals surface area contributed by atoms with Gasteiger partial charge in [-0.15, -0.1) is 0 Å². The summed E-state index contributed by atoms with van der Waals surface area (Å²) < 4.78 is 16.7. The van der Waals surface area contributed by atoms with Gasteiger partial charge in [-0.05, 0) is 35.9 Å². The topological polar surface area (TPSA) is 114 Å². The molecule has 0 saturated heterocycles. The van der Waals surface area contributed by atoms with E-state index in [-0.39, 0.29) is 20.0 Å². The Morgan fingerprint density at radius 3 is 2.61 bits per heavy atom. The second-order valence-electron chi connectivity index (χ2n) is 8.04. The lowest BCUT2D eigenvalue weighted by atomic mass is 10.1. The predicted octanol–water partition coefficient (Wildman–Crippen LogP) is 5.81. The summed E-state index contributed by atoms with van der Waals surface area (Å²) in [4.78, 5) is 17.1. The highest BCUT2D eigenvalue weighted by atomic mass is 79.9. The van der Waals surface area contributed by atoms with Crippen LogP contribution in [0.1, 0.15) is 5.56 Å². The second kappa shape index (κ2) is 14.0. The molecular weight excluding hydrogens is 597 g/mol. The van der Waals surface area contributed by atoms with Gasteiger partial charge in [0.1, 0.15) is 12.6 Å². The number of aliphatic hydroxyl groups excluding tert-OH is 1. The Hall–Kier alpha value is -2.57. The lowest BCUT2D eigenvalue weighted by Crippen LogP contribution is -2.08. The molecule has 0 aliphatic heterocycles. The first-order valence-corrected chi connectivity index (χ1v) is 13.2. The van der Waals surface area contributed by atoms with Gasteiger partial charge in [-0.1, -0.05) is 51.3 Å². The van der Waals surface area contributed by atoms with E-state index < -0.39 is 0 Å². The smallest absolute Gasteiger partial charge is 0.223 e. The Morgan fingerprint density at radius 1 is 1.05 bits per heavy atom. The number of rotatable bonds is 13. The van der Waals surface area contributed by atoms with E-state index >= 15 is 0 Å². The number of hydrogen-bond donors (Lipinski definition) is 3. The summed E-state index contributed by atoms with van der Waals surface area (Å²) in [6.07, 6.45) is 1.64. The highest BCUT2D eigenvalue weighted by Gasteiger charge is 2.21. The molecule has 4 aromatic rings. The molecule has 0 aliphatic rings. The molecular formula is C26H26BrCl2N5O4. The third kappa shape index (κ3) is 7.29. The summed E-state index contributed by atoms with van der Waals surface area (Å²) in [7, 11) is 1.61. The minimum Gasteiger partial charge on any atom is -0.395 e. The fraction of sp³-hybridized carbons (Fsp3) is 0.269. The number of imidazole rings is 1. The number of ether oxygens (including phenoxy) is 3. The minimum atomic E-state index is -0.0377. The first-order chi connectivity index (χ1) is 18.5. The highest BCUT2D eigenvalue weighted by molar-refractivity contribution is 9.10. The predicted molar refractivity (Wildman–Crippen MR) is 151 cm³/mol. The van der Waals surface area contributed by atoms with Crippen LogP contribution < -0.4 is 5.32 Å². The molecule has 38 heavy (non-hydrogen) atoms. The van der Waals surface area contributed by atoms with Crippen LogP contribution in [0.15, 0.2) is 53.1 Å². The highest BCUT2D eigenvalue weighted by Crippen LogP contribution is 2.39. The number of aromatic amines is 1. The SMILES string of the molecule is COCCOCOCc1cc(Cl)c(-c2nc(-c3cccc(Br)c3)c(-c3ccnc(NCCO)n3)[nH]2)c(Cl)c1. The van der Waals surface area contributed by atoms with Gasteiger partial charge in [-0.3, -0.25) is 0 Å². The van der Waals surface area contributed by atoms with Crippen molar-refractivity contribution in [2.24, 2.45) is 0 Å². The summed E-state index contributed by atoms with van der Waals surface area (Å²) in [6.45, 7) is 1.65. The number of benzene rings is 2. The lowest BCUT2D eigenvalue weighted by Gasteiger charge is -2.09. The number of anilines is 1. The van der Waals surface area contributed by atoms with E-state index in [0.29, 0.717) is 64.2 Å². The fourth-order valence-corrected chi connectivity index (χ4v) is 4.74. The largest absolute Gasteiger partial charge is 0.395 e. The zero-order chi connectivity index (χ0) is 26.9. The van der Waals surface area contributed by atoms with Gasteiger partial charge in [0.15, 0.2) is 0 Å². The Balaban J connectivity index is 1.68. The average molecular weight is 623 g/mol. The van der Waals surface area contributed by atoms with Crippen molar-refractivity contribution in [1.29, 1.82) is 0 Å². The van der Waals surface area contributed by atoms with E-state index in [4.69, 9.17) is 47.5 Å². The third-order valence-corrected chi connectivity index (χ3v) is 6.40. The van der Waals surface area contributed by atoms with E-state index in [1.54, 1.807) is 31.5 Å². The van der Waals surface area contributed by atoms with E-state index in [1.807, 2.05) is 24.3 Å². The number of H-pyrrole nitrogens is 1. The summed E-state index contributed by atoms with van der Waals surface area (Å²) in [5.41, 5.74) is 4.17. The number of nitrogens with one attached hydrogen (secondary N) is 2. The van der Waals surface area contributed by atoms with E-state index in [1.165, 1.54) is 0 Å². The van der Waals surface area contributed by atoms with Crippen molar-refractivity contribution in [3.05, 3.63) is 68.7 Å². The molecule has 0 radical (unpaired) electrons. The number of aliphatic hydroxyl groups is 1. The van der Waals surface area contributed by atoms with Gasteiger partial charge in [-0.2, -0.15) is 0 Å². The maximum absolute atomic E-state index is 9.14. The lowest BCUT2D eigenvalue weighted by molar-refractivity contribution is -0.0724. The number of nitrogens with zero attached hydrogens (tertiary/aromatic N) is 3. The zero-order valence-electron chi connectivity index (χ0n) is 20.5. The normalized spacial score (nSPS) is 11.2. The van der Waals surface area contributed by atoms with Crippen LogP contribution >= 0.6 is 39.1 Å². The Morgan fingerprint density at radius 2 is 1.87 bits per heavy atom. The van der Waals surface area contributed by atoms with Crippen LogP contribution in [0.2, 0.25) is 10.0 Å². The van der Waals surface area contributed by atoms with Crippen LogP contribution in [0.25, 0.3) is 34.0 Å². The van der Waals surface area contributed by atoms with Gasteiger partial charge in [0.05, 0.1) is 59.1 Å². The van der Waals surface area contributed by atoms with Gasteiger partial charge in [-0.25, -0.2) is 15.0 Å². The standard InChI is InChI=1S/C26H26BrCl2N5O4/c1-36-9-10-37-15-38-14-16-11-19(28)22(20(29)12-16)25-33-23(17-3-2-4-18(27)13-17)24(34-25)21-5-6-30-26(32-21)31-7-8-35/h2-6,11-13,35H,7-10,14-15H2,1H3,(H,33,34)(H,30,31,32). The average Bonchev–Trinajstić information content (AvgIpc) is 3.34. The van der Waals surface area contributed by atoms with E-state index in [9.17, 15) is 0 Å². The molecule has 9 nitrogen and oxygen atoms in total. The summed E-state index contributed by atoms with van der Waals surface area (Å²) >= 11 is 16.9. The molecule has 0 unspecified atom stereocenters. The number of halogens is 3. The first kappa shape index (κ1) is 28.4. The van der Waals surface area contributed by atoms with Crippen molar-refractivity contribution in [1.82, 2.24) is 19.9 Å². The van der Waals surface area contributed by atoms with Crippen molar-refractivity contribution in [3.63, 3.8) is 0 Å². The first-order valence-electron chi connectivity index (χ1n) is 11.7. The molecule has 0 aliphatic carbocycles. The molecule has 200 valence electrons. The second-order valence-corrected chi connectivity index (χ2v) is 9.77. The molecule has 2 aromatic carbocycles. The van der Waals surface area contributed by atoms with Crippen molar-refractivity contribution >= 4 is 45.1 Å². The number of methoxy groups -OCH3 is 1. The molecule has 2 aromatic heterocycles. The van der Waals surface area contributed by atoms with E-state index in [2.05, 4.69) is 36.2 Å². The Bertz CT molecular complexity index is 1350. The number of hydrogen-bond acceptors (Lipinski definition) is 8. The summed E-state index contributed by atoms with van der Waals surface area (Å²) in [6, 6.07) is 13.2. The zero-order valence-corrected chi connectivity index (χ0v) is 23.6. The third-order valence-electron chi connectivity index (χ3n) is 5.31. The van der Waals surface area contributed by atoms with E-state index in [0.717, 1.165) is 15.6 Å². The Labute approximate surface area is 238 Å². The van der Waals surface area contributed by atoms with Crippen LogP contribution in [0, 0.1) is 0 Å². The summed E-state index contributed by atoms with van der Waals surface area (Å²) in [5, 5.41) is 13.0. The number of aromatic nitrogens is 4. The molecule has 3 N–H and O–H groups in total. The molecule has 12 heteroatoms. The van der Waals surface area contributed by atoms with Gasteiger partial charge in [0.2, 0.25) is 5.95 Å². The quantitative estimate of drug-likeness (QED) is 0.126. The molecule has 4 rings (SSSR count). The van der Waals surface area contributed by atoms with Gasteiger partial charge < -0.3 is 29.6 Å². The molecule has 0 fully saturated rings. The maximum atomic E-state index is 9.14. The molecule has 0 amide bonds. The van der Waals surface area contributed by atoms with Crippen molar-refractivity contribution in [2.45, 2.75) is 6.61 Å². The van der Waals surface area contributed by atoms with Gasteiger partial charge in [0.25, 0.3) is 0 Å². The monoisotopic (exact) mass is 621 g/mol. The summed E-state index contributed by atoms with van der Waals surface area (Å²) in [5.74, 6) is 0.878. The van der Waals surface area contributed by atoms with Crippen LogP contribution in [-0.4, -0.2) is 65.3 Å². The van der Waals surface area contributed by atoms with Gasteiger partial charge in [0, 0.05) is 29.9 Å². The van der Waals surface area contributed by atoms with Crippen molar-refractivity contribution in [2.75, 3.05) is 45.6 Å². The Kier molecular flexibility index (Phi) is 10.5. The fourth-order valence-electron chi connectivity index (χ4n) is 3.63. The maximum Gasteiger partial charge on any atom is 0.223 e.